The lowest BCUT2D eigenvalue weighted by molar-refractivity contribution is -0.150. The van der Waals surface area contributed by atoms with Gasteiger partial charge >= 0.3 is 0 Å². The smallest absolute Gasteiger partial charge is 0.265 e. The fourth-order valence-corrected chi connectivity index (χ4v) is 1.58. The van der Waals surface area contributed by atoms with Crippen LogP contribution < -0.4 is 4.74 Å². The summed E-state index contributed by atoms with van der Waals surface area (Å²) >= 11 is 3.33. The van der Waals surface area contributed by atoms with E-state index in [-0.39, 0.29) is 12.0 Å². The fourth-order valence-electron chi connectivity index (χ4n) is 1.32. The lowest BCUT2D eigenvalue weighted by atomic mass is 10.2. The minimum absolute atomic E-state index is 0.0490. The summed E-state index contributed by atoms with van der Waals surface area (Å²) in [5.41, 5.74) is 0. The molecule has 1 unspecified atom stereocenters. The lowest BCUT2D eigenvalue weighted by Crippen LogP contribution is -2.56. The number of carbonyl (C=O) groups is 1. The number of likely N-dealkylation sites (N-methyl/N-ethyl adjacent to an activating group) is 1. The zero-order valence-corrected chi connectivity index (χ0v) is 9.32. The minimum atomic E-state index is -0.291. The number of benzene rings is 1. The number of β-lactam (4-membered cyclic amide) rings is 1. The number of carbonyl (C=O) groups excluding carboxylic acids is 1. The third-order valence-electron chi connectivity index (χ3n) is 2.18. The zero-order valence-electron chi connectivity index (χ0n) is 7.74. The van der Waals surface area contributed by atoms with E-state index in [4.69, 9.17) is 4.74 Å². The predicted octanol–water partition coefficient (Wildman–Crippen LogP) is 1.67. The van der Waals surface area contributed by atoms with Crippen LogP contribution in [-0.4, -0.2) is 30.5 Å². The fraction of sp³-hybridized carbons (Fsp3) is 0.300. The van der Waals surface area contributed by atoms with Gasteiger partial charge in [0, 0.05) is 11.5 Å². The molecular formula is C10H10BrNO2. The largest absolute Gasteiger partial charge is 0.479 e. The van der Waals surface area contributed by atoms with Gasteiger partial charge in [-0.25, -0.2) is 0 Å². The normalized spacial score (nSPS) is 20.6. The SMILES string of the molecule is CN1CC(Oc2ccc(Br)cc2)C1=O. The monoisotopic (exact) mass is 255 g/mol. The number of hydrogen-bond acceptors (Lipinski definition) is 2. The molecule has 1 amide bonds. The van der Waals surface area contributed by atoms with Crippen LogP contribution >= 0.6 is 15.9 Å². The highest BCUT2D eigenvalue weighted by molar-refractivity contribution is 9.10. The van der Waals surface area contributed by atoms with Crippen LogP contribution in [0.25, 0.3) is 0 Å². The van der Waals surface area contributed by atoms with Gasteiger partial charge in [0.1, 0.15) is 5.75 Å². The average Bonchev–Trinajstić information content (AvgIpc) is 2.20. The molecule has 0 radical (unpaired) electrons. The van der Waals surface area contributed by atoms with Crippen LogP contribution in [0.4, 0.5) is 0 Å². The molecule has 3 nitrogen and oxygen atoms in total. The van der Waals surface area contributed by atoms with Gasteiger partial charge < -0.3 is 9.64 Å². The van der Waals surface area contributed by atoms with Crippen molar-refractivity contribution in [2.45, 2.75) is 6.10 Å². The number of nitrogens with zero attached hydrogens (tertiary/aromatic N) is 1. The first kappa shape index (κ1) is 9.52. The Bertz CT molecular complexity index is 350. The van der Waals surface area contributed by atoms with E-state index >= 15 is 0 Å². The van der Waals surface area contributed by atoms with Gasteiger partial charge in [-0.2, -0.15) is 0 Å². The van der Waals surface area contributed by atoms with Crippen molar-refractivity contribution in [3.8, 4) is 5.75 Å². The summed E-state index contributed by atoms with van der Waals surface area (Å²) in [5, 5.41) is 0. The molecule has 0 N–H and O–H groups in total. The van der Waals surface area contributed by atoms with Gasteiger partial charge in [-0.05, 0) is 24.3 Å². The average molecular weight is 256 g/mol. The van der Waals surface area contributed by atoms with Crippen molar-refractivity contribution in [2.75, 3.05) is 13.6 Å². The maximum Gasteiger partial charge on any atom is 0.265 e. The molecule has 2 rings (SSSR count). The summed E-state index contributed by atoms with van der Waals surface area (Å²) in [6, 6.07) is 7.47. The van der Waals surface area contributed by atoms with Gasteiger partial charge in [0.25, 0.3) is 5.91 Å². The lowest BCUT2D eigenvalue weighted by Gasteiger charge is -2.34. The molecule has 1 heterocycles. The van der Waals surface area contributed by atoms with E-state index in [0.717, 1.165) is 10.2 Å². The van der Waals surface area contributed by atoms with Crippen molar-refractivity contribution in [3.63, 3.8) is 0 Å². The van der Waals surface area contributed by atoms with Crippen molar-refractivity contribution >= 4 is 21.8 Å². The minimum Gasteiger partial charge on any atom is -0.479 e. The van der Waals surface area contributed by atoms with E-state index < -0.39 is 0 Å². The molecule has 0 aromatic heterocycles. The molecule has 1 atom stereocenters. The van der Waals surface area contributed by atoms with Crippen LogP contribution in [0.3, 0.4) is 0 Å². The number of halogens is 1. The summed E-state index contributed by atoms with van der Waals surface area (Å²) in [6.07, 6.45) is -0.291. The van der Waals surface area contributed by atoms with Crippen LogP contribution in [-0.2, 0) is 4.79 Å². The third kappa shape index (κ3) is 1.75. The second kappa shape index (κ2) is 3.61. The van der Waals surface area contributed by atoms with Crippen LogP contribution in [0.5, 0.6) is 5.75 Å². The molecule has 0 bridgehead atoms. The summed E-state index contributed by atoms with van der Waals surface area (Å²) in [5.74, 6) is 0.785. The van der Waals surface area contributed by atoms with Crippen LogP contribution in [0.2, 0.25) is 0 Å². The molecule has 1 saturated heterocycles. The summed E-state index contributed by atoms with van der Waals surface area (Å²) < 4.78 is 6.48. The molecule has 14 heavy (non-hydrogen) atoms. The molecule has 1 aliphatic heterocycles. The van der Waals surface area contributed by atoms with Crippen LogP contribution in [0.15, 0.2) is 28.7 Å². The van der Waals surface area contributed by atoms with E-state index in [1.54, 1.807) is 11.9 Å². The van der Waals surface area contributed by atoms with E-state index in [1.165, 1.54) is 0 Å². The Morgan fingerprint density at radius 3 is 2.57 bits per heavy atom. The first-order valence-electron chi connectivity index (χ1n) is 4.34. The number of rotatable bonds is 2. The van der Waals surface area contributed by atoms with Gasteiger partial charge in [-0.15, -0.1) is 0 Å². The Hall–Kier alpha value is -1.03. The molecular weight excluding hydrogens is 246 g/mol. The number of ether oxygens (including phenoxy) is 1. The molecule has 74 valence electrons. The highest BCUT2D eigenvalue weighted by atomic mass is 79.9. The standard InChI is InChI=1S/C10H10BrNO2/c1-12-6-9(10(12)13)14-8-4-2-7(11)3-5-8/h2-5,9H,6H2,1H3. The molecule has 1 aliphatic rings. The Balaban J connectivity index is 1.99. The van der Waals surface area contributed by atoms with Crippen molar-refractivity contribution < 1.29 is 9.53 Å². The Morgan fingerprint density at radius 2 is 2.07 bits per heavy atom. The first-order valence-corrected chi connectivity index (χ1v) is 5.13. The predicted molar refractivity (Wildman–Crippen MR) is 56.2 cm³/mol. The van der Waals surface area contributed by atoms with Gasteiger partial charge in [0.05, 0.1) is 6.54 Å². The maximum absolute atomic E-state index is 11.2. The van der Waals surface area contributed by atoms with Gasteiger partial charge in [0.15, 0.2) is 6.10 Å². The molecule has 1 aromatic rings. The molecule has 0 saturated carbocycles. The topological polar surface area (TPSA) is 29.5 Å². The number of amides is 1. The van der Waals surface area contributed by atoms with Crippen molar-refractivity contribution in [3.05, 3.63) is 28.7 Å². The van der Waals surface area contributed by atoms with Crippen molar-refractivity contribution in [1.29, 1.82) is 0 Å². The Kier molecular flexibility index (Phi) is 2.46. The highest BCUT2D eigenvalue weighted by Crippen LogP contribution is 2.20. The first-order chi connectivity index (χ1) is 6.66. The van der Waals surface area contributed by atoms with Gasteiger partial charge in [0.2, 0.25) is 0 Å². The summed E-state index contributed by atoms with van der Waals surface area (Å²) in [7, 11) is 1.77. The quantitative estimate of drug-likeness (QED) is 0.753. The van der Waals surface area contributed by atoms with E-state index in [9.17, 15) is 4.79 Å². The van der Waals surface area contributed by atoms with Crippen LogP contribution in [0.1, 0.15) is 0 Å². The molecule has 1 aromatic carbocycles. The highest BCUT2D eigenvalue weighted by Gasteiger charge is 2.35. The third-order valence-corrected chi connectivity index (χ3v) is 2.71. The van der Waals surface area contributed by atoms with E-state index in [0.29, 0.717) is 6.54 Å². The Labute approximate surface area is 90.8 Å². The Morgan fingerprint density at radius 1 is 1.43 bits per heavy atom. The van der Waals surface area contributed by atoms with Gasteiger partial charge in [-0.3, -0.25) is 4.79 Å². The van der Waals surface area contributed by atoms with Crippen LogP contribution in [0, 0.1) is 0 Å². The molecule has 4 heteroatoms. The molecule has 0 spiro atoms. The summed E-state index contributed by atoms with van der Waals surface area (Å²) in [4.78, 5) is 12.9. The maximum atomic E-state index is 11.2. The second-order valence-electron chi connectivity index (χ2n) is 3.28. The molecule has 1 fully saturated rings. The second-order valence-corrected chi connectivity index (χ2v) is 4.19. The number of hydrogen-bond donors (Lipinski definition) is 0. The van der Waals surface area contributed by atoms with E-state index in [2.05, 4.69) is 15.9 Å². The zero-order chi connectivity index (χ0) is 10.1. The van der Waals surface area contributed by atoms with Gasteiger partial charge in [-0.1, -0.05) is 15.9 Å². The van der Waals surface area contributed by atoms with Crippen molar-refractivity contribution in [1.82, 2.24) is 4.90 Å². The number of likely N-dealkylation sites (tertiary alicyclic amines) is 1. The van der Waals surface area contributed by atoms with Crippen molar-refractivity contribution in [2.24, 2.45) is 0 Å². The summed E-state index contributed by atoms with van der Waals surface area (Å²) in [6.45, 7) is 0.675. The molecule has 0 aliphatic carbocycles. The van der Waals surface area contributed by atoms with E-state index in [1.807, 2.05) is 24.3 Å².